The quantitative estimate of drug-likeness (QED) is 0.323. The van der Waals surface area contributed by atoms with Gasteiger partial charge in [-0.05, 0) is 66.6 Å². The van der Waals surface area contributed by atoms with Gasteiger partial charge in [0.15, 0.2) is 0 Å². The van der Waals surface area contributed by atoms with Crippen LogP contribution in [0.1, 0.15) is 11.1 Å². The Morgan fingerprint density at radius 3 is 2.39 bits per heavy atom. The van der Waals surface area contributed by atoms with Gasteiger partial charge in [0.05, 0.1) is 23.9 Å². The standard InChI is InChI=1S/C26H21BrN4O4S/c1-16-4-3-13-30-24(16)29-25-21(26(30)32)14-22(36(33,34)20-11-7-18(27)8-12-20)23(28)31(25)15-17-5-9-19(35-2)10-6-17/h3-14,28H,15H2,1-2H3. The van der Waals surface area contributed by atoms with E-state index in [0.717, 1.165) is 15.6 Å². The molecule has 0 amide bonds. The topological polar surface area (TPSA) is 107 Å². The van der Waals surface area contributed by atoms with Crippen LogP contribution in [-0.4, -0.2) is 29.5 Å². The summed E-state index contributed by atoms with van der Waals surface area (Å²) in [5, 5.41) is 9.05. The Hall–Kier alpha value is -3.76. The Morgan fingerprint density at radius 1 is 1.03 bits per heavy atom. The van der Waals surface area contributed by atoms with Crippen LogP contribution in [0, 0.1) is 12.3 Å². The Bertz CT molecular complexity index is 1860. The molecule has 3 heterocycles. The highest BCUT2D eigenvalue weighted by Gasteiger charge is 2.24. The summed E-state index contributed by atoms with van der Waals surface area (Å²) in [7, 11) is -2.54. The number of hydrogen-bond acceptors (Lipinski definition) is 6. The van der Waals surface area contributed by atoms with Crippen LogP contribution in [0.25, 0.3) is 16.7 Å². The predicted molar refractivity (Wildman–Crippen MR) is 139 cm³/mol. The van der Waals surface area contributed by atoms with E-state index in [1.165, 1.54) is 27.2 Å². The van der Waals surface area contributed by atoms with Crippen molar-refractivity contribution in [2.24, 2.45) is 0 Å². The Morgan fingerprint density at radius 2 is 1.72 bits per heavy atom. The molecule has 8 nitrogen and oxygen atoms in total. The van der Waals surface area contributed by atoms with Gasteiger partial charge in [0, 0.05) is 10.7 Å². The number of nitrogens with zero attached hydrogens (tertiary/aromatic N) is 3. The monoisotopic (exact) mass is 564 g/mol. The first-order valence-electron chi connectivity index (χ1n) is 10.9. The maximum atomic E-state index is 13.6. The lowest BCUT2D eigenvalue weighted by atomic mass is 10.2. The molecule has 0 aliphatic heterocycles. The number of hydrogen-bond donors (Lipinski definition) is 1. The minimum absolute atomic E-state index is 0.0271. The molecule has 0 fully saturated rings. The SMILES string of the molecule is COc1ccc(Cn2c(=N)c(S(=O)(=O)c3ccc(Br)cc3)cc3c(=O)n4cccc(C)c4nc32)cc1. The van der Waals surface area contributed by atoms with Gasteiger partial charge >= 0.3 is 0 Å². The van der Waals surface area contributed by atoms with Gasteiger partial charge in [-0.25, -0.2) is 13.4 Å². The van der Waals surface area contributed by atoms with Crippen molar-refractivity contribution in [1.29, 1.82) is 5.41 Å². The zero-order valence-electron chi connectivity index (χ0n) is 19.4. The molecule has 0 atom stereocenters. The Kier molecular flexibility index (Phi) is 6.01. The number of aryl methyl sites for hydroxylation is 1. The van der Waals surface area contributed by atoms with E-state index in [4.69, 9.17) is 15.1 Å². The molecule has 2 aromatic carbocycles. The first-order chi connectivity index (χ1) is 17.2. The number of benzene rings is 2. The van der Waals surface area contributed by atoms with E-state index in [2.05, 4.69) is 15.9 Å². The molecule has 3 aromatic heterocycles. The summed E-state index contributed by atoms with van der Waals surface area (Å²) < 4.78 is 36.1. The normalized spacial score (nSPS) is 11.8. The smallest absolute Gasteiger partial charge is 0.267 e. The van der Waals surface area contributed by atoms with Crippen molar-refractivity contribution in [3.63, 3.8) is 0 Å². The van der Waals surface area contributed by atoms with Gasteiger partial charge in [0.2, 0.25) is 9.84 Å². The van der Waals surface area contributed by atoms with Crippen molar-refractivity contribution in [1.82, 2.24) is 14.0 Å². The average Bonchev–Trinajstić information content (AvgIpc) is 2.87. The number of nitrogens with one attached hydrogen (secondary N) is 1. The lowest BCUT2D eigenvalue weighted by molar-refractivity contribution is 0.414. The fourth-order valence-electron chi connectivity index (χ4n) is 4.08. The van der Waals surface area contributed by atoms with E-state index in [9.17, 15) is 13.2 Å². The van der Waals surface area contributed by atoms with E-state index in [1.54, 1.807) is 43.6 Å². The summed E-state index contributed by atoms with van der Waals surface area (Å²) in [6.45, 7) is 1.98. The van der Waals surface area contributed by atoms with Crippen molar-refractivity contribution < 1.29 is 13.2 Å². The van der Waals surface area contributed by atoms with Crippen molar-refractivity contribution in [3.05, 3.63) is 104 Å². The van der Waals surface area contributed by atoms with Gasteiger partial charge in [0.25, 0.3) is 5.56 Å². The second-order valence-corrected chi connectivity index (χ2v) is 11.1. The number of sulfone groups is 1. The second-order valence-electron chi connectivity index (χ2n) is 8.29. The highest BCUT2D eigenvalue weighted by Crippen LogP contribution is 2.23. The van der Waals surface area contributed by atoms with Crippen LogP contribution in [-0.2, 0) is 16.4 Å². The molecule has 0 saturated heterocycles. The van der Waals surface area contributed by atoms with E-state index in [0.29, 0.717) is 11.4 Å². The summed E-state index contributed by atoms with van der Waals surface area (Å²) in [5.74, 6) is 0.671. The van der Waals surface area contributed by atoms with E-state index < -0.39 is 15.4 Å². The molecule has 0 bridgehead atoms. The fourth-order valence-corrected chi connectivity index (χ4v) is 5.73. The van der Waals surface area contributed by atoms with Crippen LogP contribution in [0.3, 0.4) is 0 Å². The van der Waals surface area contributed by atoms with Crippen LogP contribution in [0.15, 0.2) is 92.0 Å². The second kappa shape index (κ2) is 9.03. The number of rotatable bonds is 5. The van der Waals surface area contributed by atoms with E-state index in [-0.39, 0.29) is 32.9 Å². The lowest BCUT2D eigenvalue weighted by Crippen LogP contribution is -2.30. The molecule has 0 aliphatic rings. The number of methoxy groups -OCH3 is 1. The summed E-state index contributed by atoms with van der Waals surface area (Å²) in [5.41, 5.74) is 1.60. The van der Waals surface area contributed by atoms with Crippen LogP contribution in [0.4, 0.5) is 0 Å². The van der Waals surface area contributed by atoms with Gasteiger partial charge in [-0.15, -0.1) is 0 Å². The molecule has 0 aliphatic carbocycles. The molecular weight excluding hydrogens is 544 g/mol. The van der Waals surface area contributed by atoms with Crippen LogP contribution >= 0.6 is 15.9 Å². The molecule has 1 N–H and O–H groups in total. The van der Waals surface area contributed by atoms with Gasteiger partial charge in [-0.2, -0.15) is 0 Å². The zero-order valence-corrected chi connectivity index (χ0v) is 21.8. The number of ether oxygens (including phenoxy) is 1. The summed E-state index contributed by atoms with van der Waals surface area (Å²) >= 11 is 3.32. The van der Waals surface area contributed by atoms with Crippen LogP contribution in [0.2, 0.25) is 0 Å². The van der Waals surface area contributed by atoms with Crippen LogP contribution in [0.5, 0.6) is 5.75 Å². The minimum atomic E-state index is -4.11. The molecule has 5 aromatic rings. The van der Waals surface area contributed by atoms with Gasteiger partial charge < -0.3 is 9.30 Å². The Labute approximate surface area is 215 Å². The van der Waals surface area contributed by atoms with Crippen molar-refractivity contribution in [3.8, 4) is 5.75 Å². The molecule has 0 spiro atoms. The molecule has 0 radical (unpaired) electrons. The first-order valence-corrected chi connectivity index (χ1v) is 13.2. The first kappa shape index (κ1) is 24.0. The maximum absolute atomic E-state index is 13.6. The highest BCUT2D eigenvalue weighted by atomic mass is 79.9. The molecule has 10 heteroatoms. The van der Waals surface area contributed by atoms with Gasteiger partial charge in [-0.1, -0.05) is 34.1 Å². The largest absolute Gasteiger partial charge is 0.497 e. The molecule has 182 valence electrons. The number of pyridine rings is 2. The predicted octanol–water partition coefficient (Wildman–Crippen LogP) is 4.09. The van der Waals surface area contributed by atoms with E-state index >= 15 is 0 Å². The minimum Gasteiger partial charge on any atom is -0.497 e. The summed E-state index contributed by atoms with van der Waals surface area (Å²) in [6.07, 6.45) is 1.60. The lowest BCUT2D eigenvalue weighted by Gasteiger charge is -2.16. The third-order valence-corrected chi connectivity index (χ3v) is 8.32. The molecule has 36 heavy (non-hydrogen) atoms. The van der Waals surface area contributed by atoms with E-state index in [1.807, 2.05) is 25.1 Å². The number of fused-ring (bicyclic) bond motifs is 2. The molecule has 5 rings (SSSR count). The van der Waals surface area contributed by atoms with Gasteiger partial charge in [-0.3, -0.25) is 14.6 Å². The Balaban J connectivity index is 1.85. The maximum Gasteiger partial charge on any atom is 0.267 e. The van der Waals surface area contributed by atoms with Crippen LogP contribution < -0.4 is 15.8 Å². The van der Waals surface area contributed by atoms with Crippen molar-refractivity contribution >= 4 is 42.4 Å². The third-order valence-electron chi connectivity index (χ3n) is 6.01. The van der Waals surface area contributed by atoms with Gasteiger partial charge in [0.1, 0.15) is 27.4 Å². The molecular formula is C26H21BrN4O4S. The number of aromatic nitrogens is 3. The molecule has 0 saturated carbocycles. The zero-order chi connectivity index (χ0) is 25.6. The third kappa shape index (κ3) is 4.02. The molecule has 0 unspecified atom stereocenters. The van der Waals surface area contributed by atoms with Crippen molar-refractivity contribution in [2.45, 2.75) is 23.3 Å². The number of halogens is 1. The van der Waals surface area contributed by atoms with Crippen molar-refractivity contribution in [2.75, 3.05) is 7.11 Å². The highest BCUT2D eigenvalue weighted by molar-refractivity contribution is 9.10. The summed E-state index contributed by atoms with van der Waals surface area (Å²) in [4.78, 5) is 18.0. The fraction of sp³-hybridized carbons (Fsp3) is 0.115. The summed E-state index contributed by atoms with van der Waals surface area (Å²) in [6, 6.07) is 18.2. The average molecular weight is 565 g/mol.